The van der Waals surface area contributed by atoms with Crippen molar-refractivity contribution in [1.29, 1.82) is 0 Å². The van der Waals surface area contributed by atoms with Gasteiger partial charge in [0.1, 0.15) is 18.7 Å². The van der Waals surface area contributed by atoms with Crippen molar-refractivity contribution in [3.05, 3.63) is 59.2 Å². The SMILES string of the molecule is COCc1cn(C2=NCC(=O)N3CCc4c(cccc4C(C)(C)C)C3=C2)cn1. The van der Waals surface area contributed by atoms with Gasteiger partial charge in [0.2, 0.25) is 5.91 Å². The molecule has 146 valence electrons. The number of benzene rings is 1. The molecule has 0 saturated carbocycles. The highest BCUT2D eigenvalue weighted by Gasteiger charge is 2.31. The number of imidazole rings is 1. The fourth-order valence-corrected chi connectivity index (χ4v) is 3.97. The van der Waals surface area contributed by atoms with Crippen LogP contribution >= 0.6 is 0 Å². The van der Waals surface area contributed by atoms with Crippen LogP contribution < -0.4 is 0 Å². The average Bonchev–Trinajstić information content (AvgIpc) is 3.05. The maximum absolute atomic E-state index is 12.8. The summed E-state index contributed by atoms with van der Waals surface area (Å²) >= 11 is 0. The zero-order valence-electron chi connectivity index (χ0n) is 16.9. The fraction of sp³-hybridized carbons (Fsp3) is 0.409. The van der Waals surface area contributed by atoms with E-state index in [-0.39, 0.29) is 17.9 Å². The Morgan fingerprint density at radius 2 is 2.07 bits per heavy atom. The molecule has 3 heterocycles. The van der Waals surface area contributed by atoms with E-state index in [4.69, 9.17) is 4.74 Å². The van der Waals surface area contributed by atoms with Crippen LogP contribution in [0.1, 0.15) is 43.2 Å². The Kier molecular flexibility index (Phi) is 4.67. The molecule has 2 aliphatic heterocycles. The van der Waals surface area contributed by atoms with E-state index in [0.29, 0.717) is 13.2 Å². The van der Waals surface area contributed by atoms with Crippen molar-refractivity contribution in [1.82, 2.24) is 14.5 Å². The first kappa shape index (κ1) is 18.6. The Balaban J connectivity index is 1.82. The standard InChI is InChI=1S/C22H26N4O2/c1-22(2,3)18-7-5-6-17-16(18)8-9-26-19(17)10-20(23-11-21(26)27)25-12-15(13-28-4)24-14-25/h5-7,10,12,14H,8-9,11,13H2,1-4H3. The normalized spacial score (nSPS) is 16.9. The van der Waals surface area contributed by atoms with Crippen molar-refractivity contribution < 1.29 is 9.53 Å². The first-order chi connectivity index (χ1) is 13.4. The predicted octanol–water partition coefficient (Wildman–Crippen LogP) is 3.01. The fourth-order valence-electron chi connectivity index (χ4n) is 3.97. The summed E-state index contributed by atoms with van der Waals surface area (Å²) in [4.78, 5) is 23.5. The minimum absolute atomic E-state index is 0.0327. The number of ether oxygens (including phenoxy) is 1. The van der Waals surface area contributed by atoms with Crippen LogP contribution in [0, 0.1) is 0 Å². The molecule has 0 radical (unpaired) electrons. The number of methoxy groups -OCH3 is 1. The molecule has 6 heteroatoms. The molecular formula is C22H26N4O2. The van der Waals surface area contributed by atoms with Crippen LogP contribution in [0.2, 0.25) is 0 Å². The van der Waals surface area contributed by atoms with Crippen molar-refractivity contribution in [2.45, 2.75) is 39.2 Å². The molecule has 4 rings (SSSR count). The molecule has 0 bridgehead atoms. The van der Waals surface area contributed by atoms with E-state index >= 15 is 0 Å². The molecule has 0 N–H and O–H groups in total. The lowest BCUT2D eigenvalue weighted by atomic mass is 9.79. The summed E-state index contributed by atoms with van der Waals surface area (Å²) in [5.74, 6) is 0.750. The van der Waals surface area contributed by atoms with Crippen LogP contribution in [-0.4, -0.2) is 46.4 Å². The number of aliphatic imine (C=N–C) groups is 1. The average molecular weight is 378 g/mol. The second kappa shape index (κ2) is 7.02. The quantitative estimate of drug-likeness (QED) is 0.807. The number of nitrogens with zero attached hydrogens (tertiary/aromatic N) is 4. The monoisotopic (exact) mass is 378 g/mol. The van der Waals surface area contributed by atoms with E-state index in [0.717, 1.165) is 29.2 Å². The summed E-state index contributed by atoms with van der Waals surface area (Å²) in [6.07, 6.45) is 6.49. The zero-order valence-corrected chi connectivity index (χ0v) is 16.9. The number of amides is 1. The maximum Gasteiger partial charge on any atom is 0.248 e. The van der Waals surface area contributed by atoms with Crippen LogP contribution in [0.15, 0.2) is 41.8 Å². The minimum atomic E-state index is 0.0327. The predicted molar refractivity (Wildman–Crippen MR) is 109 cm³/mol. The van der Waals surface area contributed by atoms with Gasteiger partial charge < -0.3 is 9.64 Å². The molecule has 28 heavy (non-hydrogen) atoms. The molecule has 0 fully saturated rings. The van der Waals surface area contributed by atoms with Gasteiger partial charge in [-0.1, -0.05) is 39.0 Å². The van der Waals surface area contributed by atoms with Gasteiger partial charge in [-0.2, -0.15) is 0 Å². The Morgan fingerprint density at radius 1 is 1.25 bits per heavy atom. The molecular weight excluding hydrogens is 352 g/mol. The summed E-state index contributed by atoms with van der Waals surface area (Å²) in [5.41, 5.74) is 5.60. The molecule has 0 unspecified atom stereocenters. The number of aromatic nitrogens is 2. The van der Waals surface area contributed by atoms with Gasteiger partial charge in [-0.15, -0.1) is 0 Å². The summed E-state index contributed by atoms with van der Waals surface area (Å²) < 4.78 is 7.02. The van der Waals surface area contributed by atoms with Crippen molar-refractivity contribution in [2.24, 2.45) is 4.99 Å². The molecule has 2 aromatic rings. The number of allylic oxidation sites excluding steroid dienone is 1. The largest absolute Gasteiger partial charge is 0.378 e. The molecule has 2 aliphatic rings. The van der Waals surface area contributed by atoms with Gasteiger partial charge >= 0.3 is 0 Å². The number of hydrogen-bond acceptors (Lipinski definition) is 4. The van der Waals surface area contributed by atoms with E-state index in [2.05, 4.69) is 48.9 Å². The van der Waals surface area contributed by atoms with E-state index in [1.807, 2.05) is 21.7 Å². The second-order valence-corrected chi connectivity index (χ2v) is 8.29. The van der Waals surface area contributed by atoms with Gasteiger partial charge in [-0.3, -0.25) is 14.4 Å². The van der Waals surface area contributed by atoms with Crippen molar-refractivity contribution >= 4 is 17.4 Å². The highest BCUT2D eigenvalue weighted by atomic mass is 16.5. The molecule has 0 aliphatic carbocycles. The lowest BCUT2D eigenvalue weighted by Crippen LogP contribution is -2.36. The summed E-state index contributed by atoms with van der Waals surface area (Å²) in [6, 6.07) is 6.41. The third-order valence-corrected chi connectivity index (χ3v) is 5.27. The van der Waals surface area contributed by atoms with E-state index in [9.17, 15) is 4.79 Å². The molecule has 0 saturated heterocycles. The van der Waals surface area contributed by atoms with Crippen molar-refractivity contribution in [2.75, 3.05) is 20.2 Å². The topological polar surface area (TPSA) is 59.7 Å². The van der Waals surface area contributed by atoms with E-state index < -0.39 is 0 Å². The smallest absolute Gasteiger partial charge is 0.248 e. The van der Waals surface area contributed by atoms with Gasteiger partial charge in [0.05, 0.1) is 18.0 Å². The second-order valence-electron chi connectivity index (χ2n) is 8.29. The third kappa shape index (κ3) is 3.29. The van der Waals surface area contributed by atoms with Gasteiger partial charge in [-0.05, 0) is 23.0 Å². The van der Waals surface area contributed by atoms with E-state index in [1.54, 1.807) is 13.4 Å². The van der Waals surface area contributed by atoms with E-state index in [1.165, 1.54) is 11.1 Å². The summed E-state index contributed by atoms with van der Waals surface area (Å²) in [7, 11) is 1.65. The van der Waals surface area contributed by atoms with Crippen LogP contribution in [0.3, 0.4) is 0 Å². The third-order valence-electron chi connectivity index (χ3n) is 5.27. The minimum Gasteiger partial charge on any atom is -0.378 e. The molecule has 0 spiro atoms. The maximum atomic E-state index is 12.8. The number of rotatable bonds is 2. The Morgan fingerprint density at radius 3 is 2.82 bits per heavy atom. The van der Waals surface area contributed by atoms with Crippen LogP contribution in [0.5, 0.6) is 0 Å². The zero-order chi connectivity index (χ0) is 19.9. The van der Waals surface area contributed by atoms with Gasteiger partial charge in [-0.25, -0.2) is 4.98 Å². The highest BCUT2D eigenvalue weighted by molar-refractivity contribution is 6.06. The first-order valence-corrected chi connectivity index (χ1v) is 9.60. The van der Waals surface area contributed by atoms with Crippen molar-refractivity contribution in [3.63, 3.8) is 0 Å². The lowest BCUT2D eigenvalue weighted by molar-refractivity contribution is -0.126. The molecule has 6 nitrogen and oxygen atoms in total. The van der Waals surface area contributed by atoms with Crippen LogP contribution in [0.25, 0.3) is 5.70 Å². The van der Waals surface area contributed by atoms with Crippen LogP contribution in [-0.2, 0) is 28.0 Å². The van der Waals surface area contributed by atoms with Gasteiger partial charge in [0.25, 0.3) is 0 Å². The highest BCUT2D eigenvalue weighted by Crippen LogP contribution is 2.36. The van der Waals surface area contributed by atoms with Gasteiger partial charge in [0.15, 0.2) is 0 Å². The first-order valence-electron chi connectivity index (χ1n) is 9.60. The number of hydrogen-bond donors (Lipinski definition) is 0. The lowest BCUT2D eigenvalue weighted by Gasteiger charge is -2.34. The molecule has 0 atom stereocenters. The molecule has 1 aromatic heterocycles. The number of carbonyl (C=O) groups is 1. The molecule has 1 amide bonds. The Hall–Kier alpha value is -2.73. The number of fused-ring (bicyclic) bond motifs is 3. The summed E-state index contributed by atoms with van der Waals surface area (Å²) in [6.45, 7) is 7.97. The van der Waals surface area contributed by atoms with Crippen molar-refractivity contribution in [3.8, 4) is 0 Å². The van der Waals surface area contributed by atoms with Crippen LogP contribution in [0.4, 0.5) is 0 Å². The number of carbonyl (C=O) groups excluding carboxylic acids is 1. The summed E-state index contributed by atoms with van der Waals surface area (Å²) in [5, 5.41) is 0. The van der Waals surface area contributed by atoms with Gasteiger partial charge in [0, 0.05) is 31.5 Å². The Bertz CT molecular complexity index is 979. The Labute approximate surface area is 165 Å². The molecule has 1 aromatic carbocycles.